The van der Waals surface area contributed by atoms with Gasteiger partial charge >= 0.3 is 0 Å². The first-order valence-electron chi connectivity index (χ1n) is 7.12. The van der Waals surface area contributed by atoms with Crippen LogP contribution in [0.2, 0.25) is 0 Å². The SMILES string of the molecule is CCC(CSC)N(C)Cc1ccc(CCNC)cc1. The highest BCUT2D eigenvalue weighted by atomic mass is 32.2. The minimum atomic E-state index is 0.680. The number of rotatable bonds is 9. The molecule has 1 unspecified atom stereocenters. The summed E-state index contributed by atoms with van der Waals surface area (Å²) in [6, 6.07) is 9.74. The Balaban J connectivity index is 2.51. The van der Waals surface area contributed by atoms with Gasteiger partial charge in [0.2, 0.25) is 0 Å². The van der Waals surface area contributed by atoms with E-state index in [4.69, 9.17) is 0 Å². The van der Waals surface area contributed by atoms with Crippen molar-refractivity contribution >= 4 is 11.8 Å². The fourth-order valence-corrected chi connectivity index (χ4v) is 3.12. The Kier molecular flexibility index (Phi) is 8.19. The molecule has 108 valence electrons. The van der Waals surface area contributed by atoms with E-state index in [1.807, 2.05) is 18.8 Å². The molecule has 1 aromatic rings. The Labute approximate surface area is 123 Å². The average Bonchev–Trinajstić information content (AvgIpc) is 2.43. The van der Waals surface area contributed by atoms with Gasteiger partial charge in [0.15, 0.2) is 0 Å². The summed E-state index contributed by atoms with van der Waals surface area (Å²) in [7, 11) is 4.24. The zero-order chi connectivity index (χ0) is 14.1. The van der Waals surface area contributed by atoms with Gasteiger partial charge in [-0.05, 0) is 50.9 Å². The molecule has 1 rings (SSSR count). The van der Waals surface area contributed by atoms with Gasteiger partial charge in [-0.25, -0.2) is 0 Å². The molecule has 0 heterocycles. The first-order chi connectivity index (χ1) is 9.21. The van der Waals surface area contributed by atoms with Crippen molar-refractivity contribution in [1.82, 2.24) is 10.2 Å². The van der Waals surface area contributed by atoms with Crippen LogP contribution in [0.1, 0.15) is 24.5 Å². The molecule has 0 radical (unpaired) electrons. The first-order valence-corrected chi connectivity index (χ1v) is 8.52. The van der Waals surface area contributed by atoms with Crippen molar-refractivity contribution in [2.75, 3.05) is 32.6 Å². The zero-order valence-corrected chi connectivity index (χ0v) is 13.6. The molecule has 1 aromatic carbocycles. The highest BCUT2D eigenvalue weighted by molar-refractivity contribution is 7.98. The lowest BCUT2D eigenvalue weighted by Crippen LogP contribution is -2.32. The summed E-state index contributed by atoms with van der Waals surface area (Å²) in [6.07, 6.45) is 4.52. The average molecular weight is 280 g/mol. The maximum Gasteiger partial charge on any atom is 0.0233 e. The normalized spacial score (nSPS) is 12.9. The van der Waals surface area contributed by atoms with Crippen LogP contribution in [0.4, 0.5) is 0 Å². The van der Waals surface area contributed by atoms with E-state index < -0.39 is 0 Å². The second-order valence-electron chi connectivity index (χ2n) is 5.10. The molecule has 0 bridgehead atoms. The predicted molar refractivity (Wildman–Crippen MR) is 88.0 cm³/mol. The Morgan fingerprint density at radius 1 is 1.21 bits per heavy atom. The van der Waals surface area contributed by atoms with Gasteiger partial charge in [-0.2, -0.15) is 11.8 Å². The first kappa shape index (κ1) is 16.5. The number of nitrogens with zero attached hydrogens (tertiary/aromatic N) is 1. The number of thioether (sulfide) groups is 1. The fraction of sp³-hybridized carbons (Fsp3) is 0.625. The van der Waals surface area contributed by atoms with E-state index in [2.05, 4.69) is 54.7 Å². The van der Waals surface area contributed by atoms with Gasteiger partial charge in [0.1, 0.15) is 0 Å². The second-order valence-corrected chi connectivity index (χ2v) is 6.01. The van der Waals surface area contributed by atoms with Crippen molar-refractivity contribution in [3.63, 3.8) is 0 Å². The topological polar surface area (TPSA) is 15.3 Å². The minimum absolute atomic E-state index is 0.680. The van der Waals surface area contributed by atoms with E-state index >= 15 is 0 Å². The Hall–Kier alpha value is -0.510. The Morgan fingerprint density at radius 2 is 1.84 bits per heavy atom. The number of hydrogen-bond donors (Lipinski definition) is 1. The van der Waals surface area contributed by atoms with Crippen molar-refractivity contribution in [3.8, 4) is 0 Å². The number of benzene rings is 1. The summed E-state index contributed by atoms with van der Waals surface area (Å²) in [5.74, 6) is 1.22. The van der Waals surface area contributed by atoms with E-state index in [1.54, 1.807) is 0 Å². The van der Waals surface area contributed by atoms with Crippen molar-refractivity contribution in [2.45, 2.75) is 32.4 Å². The molecular formula is C16H28N2S. The number of nitrogens with one attached hydrogen (secondary N) is 1. The second kappa shape index (κ2) is 9.40. The third-order valence-corrected chi connectivity index (χ3v) is 4.29. The van der Waals surface area contributed by atoms with Crippen molar-refractivity contribution < 1.29 is 0 Å². The predicted octanol–water partition coefficient (Wildman–Crippen LogP) is 3.02. The van der Waals surface area contributed by atoms with Crippen LogP contribution in [0.5, 0.6) is 0 Å². The van der Waals surface area contributed by atoms with Crippen LogP contribution in [-0.4, -0.2) is 43.6 Å². The van der Waals surface area contributed by atoms with Crippen molar-refractivity contribution in [1.29, 1.82) is 0 Å². The van der Waals surface area contributed by atoms with Gasteiger partial charge in [0.05, 0.1) is 0 Å². The van der Waals surface area contributed by atoms with Crippen LogP contribution in [0.25, 0.3) is 0 Å². The summed E-state index contributed by atoms with van der Waals surface area (Å²) in [5.41, 5.74) is 2.83. The number of hydrogen-bond acceptors (Lipinski definition) is 3. The van der Waals surface area contributed by atoms with Crippen molar-refractivity contribution in [3.05, 3.63) is 35.4 Å². The molecule has 0 saturated carbocycles. The quantitative estimate of drug-likeness (QED) is 0.748. The van der Waals surface area contributed by atoms with Crippen LogP contribution in [0, 0.1) is 0 Å². The van der Waals surface area contributed by atoms with Crippen LogP contribution in [0.15, 0.2) is 24.3 Å². The molecule has 0 saturated heterocycles. The van der Waals surface area contributed by atoms with Crippen LogP contribution in [-0.2, 0) is 13.0 Å². The van der Waals surface area contributed by atoms with Crippen LogP contribution >= 0.6 is 11.8 Å². The maximum atomic E-state index is 3.19. The van der Waals surface area contributed by atoms with E-state index in [0.29, 0.717) is 6.04 Å². The Bertz CT molecular complexity index is 337. The largest absolute Gasteiger partial charge is 0.319 e. The molecule has 0 amide bonds. The highest BCUT2D eigenvalue weighted by Gasteiger charge is 2.12. The molecule has 2 nitrogen and oxygen atoms in total. The molecule has 0 aliphatic rings. The molecule has 1 atom stereocenters. The summed E-state index contributed by atoms with van der Waals surface area (Å²) in [4.78, 5) is 2.47. The third kappa shape index (κ3) is 5.98. The molecule has 0 aliphatic carbocycles. The molecule has 0 aromatic heterocycles. The molecule has 19 heavy (non-hydrogen) atoms. The third-order valence-electron chi connectivity index (χ3n) is 3.57. The molecule has 0 aliphatic heterocycles. The van der Waals surface area contributed by atoms with Gasteiger partial charge in [0.25, 0.3) is 0 Å². The van der Waals surface area contributed by atoms with Gasteiger partial charge in [-0.15, -0.1) is 0 Å². The monoisotopic (exact) mass is 280 g/mol. The van der Waals surface area contributed by atoms with Crippen molar-refractivity contribution in [2.24, 2.45) is 0 Å². The summed E-state index contributed by atoms with van der Waals surface area (Å²) < 4.78 is 0. The summed E-state index contributed by atoms with van der Waals surface area (Å²) in [6.45, 7) is 4.37. The molecule has 0 fully saturated rings. The fourth-order valence-electron chi connectivity index (χ4n) is 2.25. The summed E-state index contributed by atoms with van der Waals surface area (Å²) >= 11 is 1.94. The Morgan fingerprint density at radius 3 is 2.37 bits per heavy atom. The van der Waals surface area contributed by atoms with Crippen LogP contribution in [0.3, 0.4) is 0 Å². The standard InChI is InChI=1S/C16H28N2S/c1-5-16(13-19-4)18(3)12-15-8-6-14(7-9-15)10-11-17-2/h6-9,16-17H,5,10-13H2,1-4H3. The van der Waals surface area contributed by atoms with E-state index in [9.17, 15) is 0 Å². The molecule has 1 N–H and O–H groups in total. The molecule has 0 spiro atoms. The lowest BCUT2D eigenvalue weighted by atomic mass is 10.1. The van der Waals surface area contributed by atoms with E-state index in [-0.39, 0.29) is 0 Å². The lowest BCUT2D eigenvalue weighted by molar-refractivity contribution is 0.248. The van der Waals surface area contributed by atoms with E-state index in [1.165, 1.54) is 23.3 Å². The smallest absolute Gasteiger partial charge is 0.0233 e. The van der Waals surface area contributed by atoms with E-state index in [0.717, 1.165) is 19.5 Å². The maximum absolute atomic E-state index is 3.19. The molecule has 3 heteroatoms. The van der Waals surface area contributed by atoms with Crippen LogP contribution < -0.4 is 5.32 Å². The number of likely N-dealkylation sites (N-methyl/N-ethyl adjacent to an activating group) is 1. The zero-order valence-electron chi connectivity index (χ0n) is 12.8. The summed E-state index contributed by atoms with van der Waals surface area (Å²) in [5, 5.41) is 3.19. The molecular weight excluding hydrogens is 252 g/mol. The van der Waals surface area contributed by atoms with Gasteiger partial charge < -0.3 is 5.32 Å². The van der Waals surface area contributed by atoms with Gasteiger partial charge in [0, 0.05) is 18.3 Å². The highest BCUT2D eigenvalue weighted by Crippen LogP contribution is 2.13. The van der Waals surface area contributed by atoms with Gasteiger partial charge in [-0.3, -0.25) is 4.90 Å². The lowest BCUT2D eigenvalue weighted by Gasteiger charge is -2.26. The minimum Gasteiger partial charge on any atom is -0.319 e. The van der Waals surface area contributed by atoms with Gasteiger partial charge in [-0.1, -0.05) is 31.2 Å².